The van der Waals surface area contributed by atoms with Gasteiger partial charge in [-0.3, -0.25) is 4.90 Å². The van der Waals surface area contributed by atoms with Crippen LogP contribution in [0.2, 0.25) is 10.0 Å². The minimum Gasteiger partial charge on any atom is -0.370 e. The van der Waals surface area contributed by atoms with E-state index in [1.165, 1.54) is 12.4 Å². The normalized spacial score (nSPS) is 19.1. The van der Waals surface area contributed by atoms with Crippen LogP contribution < -0.4 is 10.2 Å². The number of piperidine rings is 1. The van der Waals surface area contributed by atoms with Crippen molar-refractivity contribution >= 4 is 61.7 Å². The maximum atomic E-state index is 13.1. The Morgan fingerprint density at radius 1 is 0.932 bits per heavy atom. The predicted octanol–water partition coefficient (Wildman–Crippen LogP) is 5.64. The largest absolute Gasteiger partial charge is 0.370 e. The van der Waals surface area contributed by atoms with Gasteiger partial charge in [-0.1, -0.05) is 41.4 Å². The van der Waals surface area contributed by atoms with E-state index in [-0.39, 0.29) is 6.10 Å². The number of hydrogen-bond donors (Lipinski definition) is 1. The smallest absolute Gasteiger partial charge is 0.366 e. The lowest BCUT2D eigenvalue weighted by Gasteiger charge is -2.42. The van der Waals surface area contributed by atoms with Crippen LogP contribution in [0.1, 0.15) is 25.7 Å². The molecule has 232 valence electrons. The Morgan fingerprint density at radius 3 is 2.41 bits per heavy atom. The fraction of sp³-hybridized carbons (Fsp3) is 0.419. The summed E-state index contributed by atoms with van der Waals surface area (Å²) in [5.74, 6) is 0.315. The van der Waals surface area contributed by atoms with Crippen molar-refractivity contribution in [3.63, 3.8) is 0 Å². The number of nitrogens with one attached hydrogen (secondary N) is 1. The van der Waals surface area contributed by atoms with Gasteiger partial charge in [0.2, 0.25) is 5.95 Å². The molecule has 4 heterocycles. The molecule has 3 aliphatic rings. The standard InChI is InChI=1S/C31H35Cl2N7O3S/c1-37-14-16-38(17-15-37)22-10-12-39(13-11-22)29-9-6-21(18-26(29)32)35-31-34-19-27(33)30(36-31)25-20-40(28-5-3-2-4-24(25)28)44(41,42)43-23-7-8-23/h2-6,9,18-20,22-23H,7-8,10-17H2,1H3,(H,34,35,36). The number of fused-ring (bicyclic) bond motifs is 1. The molecule has 2 aromatic heterocycles. The first-order valence-electron chi connectivity index (χ1n) is 15.1. The van der Waals surface area contributed by atoms with Crippen LogP contribution in [0.25, 0.3) is 22.2 Å². The highest BCUT2D eigenvalue weighted by Gasteiger charge is 2.32. The van der Waals surface area contributed by atoms with Gasteiger partial charge in [0.15, 0.2) is 0 Å². The summed E-state index contributed by atoms with van der Waals surface area (Å²) in [4.78, 5) is 16.5. The molecule has 1 N–H and O–H groups in total. The number of nitrogens with zero attached hydrogens (tertiary/aromatic N) is 6. The fourth-order valence-corrected chi connectivity index (χ4v) is 7.91. The minimum atomic E-state index is -4.02. The van der Waals surface area contributed by atoms with Crippen molar-refractivity contribution in [3.05, 3.63) is 64.9 Å². The molecule has 0 spiro atoms. The molecule has 0 unspecified atom stereocenters. The van der Waals surface area contributed by atoms with Crippen molar-refractivity contribution in [2.45, 2.75) is 37.8 Å². The number of para-hydroxylation sites is 1. The third kappa shape index (κ3) is 6.14. The van der Waals surface area contributed by atoms with E-state index in [1.807, 2.05) is 30.3 Å². The Kier molecular flexibility index (Phi) is 8.19. The number of benzene rings is 2. The van der Waals surface area contributed by atoms with E-state index in [0.29, 0.717) is 44.2 Å². The summed E-state index contributed by atoms with van der Waals surface area (Å²) in [5.41, 5.74) is 3.22. The summed E-state index contributed by atoms with van der Waals surface area (Å²) in [6.45, 7) is 6.52. The Morgan fingerprint density at radius 2 is 1.68 bits per heavy atom. The second-order valence-electron chi connectivity index (χ2n) is 11.8. The number of hydrogen-bond acceptors (Lipinski definition) is 9. The molecule has 44 heavy (non-hydrogen) atoms. The summed E-state index contributed by atoms with van der Waals surface area (Å²) in [6, 6.07) is 13.7. The van der Waals surface area contributed by atoms with Gasteiger partial charge in [-0.2, -0.15) is 8.42 Å². The van der Waals surface area contributed by atoms with E-state index in [4.69, 9.17) is 32.4 Å². The number of likely N-dealkylation sites (N-methyl/N-ethyl adjacent to an activating group) is 1. The van der Waals surface area contributed by atoms with Crippen molar-refractivity contribution in [1.29, 1.82) is 0 Å². The summed E-state index contributed by atoms with van der Waals surface area (Å²) >= 11 is 13.4. The lowest BCUT2D eigenvalue weighted by molar-refractivity contribution is 0.0982. The topological polar surface area (TPSA) is 95.8 Å². The van der Waals surface area contributed by atoms with Gasteiger partial charge in [-0.05, 0) is 57.0 Å². The first-order chi connectivity index (χ1) is 21.2. The minimum absolute atomic E-state index is 0.268. The van der Waals surface area contributed by atoms with Gasteiger partial charge in [0.1, 0.15) is 0 Å². The first kappa shape index (κ1) is 29.8. The molecule has 1 aliphatic carbocycles. The Hall–Kier alpha value is -2.93. The van der Waals surface area contributed by atoms with Gasteiger partial charge < -0.3 is 15.1 Å². The quantitative estimate of drug-likeness (QED) is 0.259. The molecule has 0 bridgehead atoms. The van der Waals surface area contributed by atoms with E-state index in [0.717, 1.165) is 80.3 Å². The lowest BCUT2D eigenvalue weighted by atomic mass is 10.0. The number of anilines is 3. The highest BCUT2D eigenvalue weighted by atomic mass is 35.5. The zero-order valence-corrected chi connectivity index (χ0v) is 26.8. The molecule has 0 amide bonds. The third-order valence-electron chi connectivity index (χ3n) is 8.76. The maximum Gasteiger partial charge on any atom is 0.366 e. The molecule has 10 nitrogen and oxygen atoms in total. The number of halogens is 2. The van der Waals surface area contributed by atoms with Crippen LogP contribution in [0.4, 0.5) is 17.3 Å². The van der Waals surface area contributed by atoms with Crippen molar-refractivity contribution < 1.29 is 12.6 Å². The molecule has 13 heteroatoms. The van der Waals surface area contributed by atoms with E-state index < -0.39 is 10.3 Å². The zero-order chi connectivity index (χ0) is 30.4. The molecule has 2 aliphatic heterocycles. The second kappa shape index (κ2) is 12.1. The SMILES string of the molecule is CN1CCN(C2CCN(c3ccc(Nc4ncc(Cl)c(-c5cn(S(=O)(=O)OC6CC6)c6ccccc56)n4)cc3Cl)CC2)CC1. The van der Waals surface area contributed by atoms with Gasteiger partial charge in [0.25, 0.3) is 0 Å². The number of rotatable bonds is 8. The molecule has 2 aromatic carbocycles. The summed E-state index contributed by atoms with van der Waals surface area (Å²) in [7, 11) is -1.83. The zero-order valence-electron chi connectivity index (χ0n) is 24.5. The predicted molar refractivity (Wildman–Crippen MR) is 175 cm³/mol. The molecule has 0 radical (unpaired) electrons. The molecule has 0 atom stereocenters. The van der Waals surface area contributed by atoms with Crippen LogP contribution in [0.15, 0.2) is 54.9 Å². The van der Waals surface area contributed by atoms with Gasteiger partial charge >= 0.3 is 10.3 Å². The van der Waals surface area contributed by atoms with Crippen LogP contribution in [-0.4, -0.2) is 90.6 Å². The molecule has 1 saturated carbocycles. The van der Waals surface area contributed by atoms with Crippen molar-refractivity contribution in [2.75, 3.05) is 56.5 Å². The van der Waals surface area contributed by atoms with Gasteiger partial charge in [0, 0.05) is 68.1 Å². The Balaban J connectivity index is 1.09. The molecule has 7 rings (SSSR count). The fourth-order valence-electron chi connectivity index (χ4n) is 6.15. The Labute approximate surface area is 267 Å². The van der Waals surface area contributed by atoms with Gasteiger partial charge in [-0.25, -0.2) is 18.1 Å². The summed E-state index contributed by atoms with van der Waals surface area (Å²) in [5, 5.41) is 4.88. The molecular weight excluding hydrogens is 621 g/mol. The van der Waals surface area contributed by atoms with E-state index in [1.54, 1.807) is 12.1 Å². The van der Waals surface area contributed by atoms with Crippen LogP contribution in [-0.2, 0) is 14.5 Å². The van der Waals surface area contributed by atoms with Gasteiger partial charge in [0.05, 0.1) is 39.2 Å². The van der Waals surface area contributed by atoms with Crippen molar-refractivity contribution in [3.8, 4) is 11.3 Å². The number of piperazine rings is 1. The lowest BCUT2D eigenvalue weighted by Crippen LogP contribution is -2.52. The first-order valence-corrected chi connectivity index (χ1v) is 17.2. The highest BCUT2D eigenvalue weighted by Crippen LogP contribution is 2.37. The summed E-state index contributed by atoms with van der Waals surface area (Å²) in [6.07, 6.45) is 6.48. The monoisotopic (exact) mass is 655 g/mol. The summed E-state index contributed by atoms with van der Waals surface area (Å²) < 4.78 is 32.6. The molecule has 4 aromatic rings. The average molecular weight is 657 g/mol. The van der Waals surface area contributed by atoms with E-state index in [2.05, 4.69) is 32.0 Å². The average Bonchev–Trinajstić information content (AvgIpc) is 3.74. The number of aromatic nitrogens is 3. The maximum absolute atomic E-state index is 13.1. The molecular formula is C31H35Cl2N7O3S. The highest BCUT2D eigenvalue weighted by molar-refractivity contribution is 7.85. The molecule has 2 saturated heterocycles. The third-order valence-corrected chi connectivity index (χ3v) is 10.6. The van der Waals surface area contributed by atoms with Crippen LogP contribution >= 0.6 is 23.2 Å². The van der Waals surface area contributed by atoms with Crippen LogP contribution in [0.3, 0.4) is 0 Å². The van der Waals surface area contributed by atoms with Crippen molar-refractivity contribution in [2.24, 2.45) is 0 Å². The molecule has 3 fully saturated rings. The second-order valence-corrected chi connectivity index (χ2v) is 14.1. The van der Waals surface area contributed by atoms with Crippen LogP contribution in [0, 0.1) is 0 Å². The van der Waals surface area contributed by atoms with E-state index >= 15 is 0 Å². The van der Waals surface area contributed by atoms with Crippen LogP contribution in [0.5, 0.6) is 0 Å². The van der Waals surface area contributed by atoms with E-state index in [9.17, 15) is 8.42 Å². The van der Waals surface area contributed by atoms with Gasteiger partial charge in [-0.15, -0.1) is 0 Å². The Bertz CT molecular complexity index is 1780. The van der Waals surface area contributed by atoms with Crippen molar-refractivity contribution in [1.82, 2.24) is 23.7 Å².